The summed E-state index contributed by atoms with van der Waals surface area (Å²) in [6.45, 7) is 4.16. The van der Waals surface area contributed by atoms with Gasteiger partial charge in [-0.05, 0) is 31.0 Å². The third kappa shape index (κ3) is 2.94. The SMILES string of the molecule is COCc1[nH]nc(-c2cc(C(=O)OC)c(C)cc2C)c1Cl. The highest BCUT2D eigenvalue weighted by molar-refractivity contribution is 6.33. The van der Waals surface area contributed by atoms with Gasteiger partial charge in [0.25, 0.3) is 0 Å². The number of H-pyrrole nitrogens is 1. The van der Waals surface area contributed by atoms with E-state index in [2.05, 4.69) is 10.2 Å². The van der Waals surface area contributed by atoms with Crippen LogP contribution in [0.1, 0.15) is 27.2 Å². The van der Waals surface area contributed by atoms with Crippen molar-refractivity contribution in [1.29, 1.82) is 0 Å². The van der Waals surface area contributed by atoms with Crippen LogP contribution in [0.2, 0.25) is 5.02 Å². The number of halogens is 1. The van der Waals surface area contributed by atoms with E-state index in [1.807, 2.05) is 19.9 Å². The Morgan fingerprint density at radius 3 is 2.62 bits per heavy atom. The van der Waals surface area contributed by atoms with Crippen molar-refractivity contribution < 1.29 is 14.3 Å². The predicted octanol–water partition coefficient (Wildman–Crippen LogP) is 3.28. The fourth-order valence-corrected chi connectivity index (χ4v) is 2.46. The van der Waals surface area contributed by atoms with Gasteiger partial charge < -0.3 is 9.47 Å². The quantitative estimate of drug-likeness (QED) is 0.880. The molecule has 0 amide bonds. The van der Waals surface area contributed by atoms with Crippen LogP contribution in [0, 0.1) is 13.8 Å². The first kappa shape index (κ1) is 15.5. The molecule has 0 spiro atoms. The van der Waals surface area contributed by atoms with E-state index in [9.17, 15) is 4.79 Å². The predicted molar refractivity (Wildman–Crippen MR) is 80.6 cm³/mol. The molecule has 2 aromatic rings. The van der Waals surface area contributed by atoms with E-state index in [1.54, 1.807) is 13.2 Å². The van der Waals surface area contributed by atoms with Crippen molar-refractivity contribution in [2.45, 2.75) is 20.5 Å². The zero-order valence-electron chi connectivity index (χ0n) is 12.4. The molecule has 0 bridgehead atoms. The summed E-state index contributed by atoms with van der Waals surface area (Å²) in [4.78, 5) is 11.8. The Labute approximate surface area is 128 Å². The van der Waals surface area contributed by atoms with Gasteiger partial charge in [-0.25, -0.2) is 4.79 Å². The van der Waals surface area contributed by atoms with Crippen molar-refractivity contribution in [2.75, 3.05) is 14.2 Å². The van der Waals surface area contributed by atoms with Gasteiger partial charge in [0.05, 0.1) is 30.0 Å². The number of aromatic nitrogens is 2. The average Bonchev–Trinajstić information content (AvgIpc) is 2.80. The number of aryl methyl sites for hydroxylation is 2. The van der Waals surface area contributed by atoms with Crippen molar-refractivity contribution in [1.82, 2.24) is 10.2 Å². The number of methoxy groups -OCH3 is 2. The summed E-state index contributed by atoms with van der Waals surface area (Å²) in [7, 11) is 2.95. The second-order valence-corrected chi connectivity index (χ2v) is 5.15. The molecule has 112 valence electrons. The number of nitrogens with zero attached hydrogens (tertiary/aromatic N) is 1. The minimum atomic E-state index is -0.377. The number of hydrogen-bond acceptors (Lipinski definition) is 4. The minimum absolute atomic E-state index is 0.348. The zero-order valence-corrected chi connectivity index (χ0v) is 13.2. The Hall–Kier alpha value is -1.85. The monoisotopic (exact) mass is 308 g/mol. The number of nitrogens with one attached hydrogen (secondary N) is 1. The summed E-state index contributed by atoms with van der Waals surface area (Å²) in [5, 5.41) is 7.59. The Morgan fingerprint density at radius 2 is 2.00 bits per heavy atom. The van der Waals surface area contributed by atoms with E-state index < -0.39 is 0 Å². The van der Waals surface area contributed by atoms with Crippen LogP contribution in [0.5, 0.6) is 0 Å². The van der Waals surface area contributed by atoms with Crippen LogP contribution < -0.4 is 0 Å². The smallest absolute Gasteiger partial charge is 0.338 e. The van der Waals surface area contributed by atoms with Crippen LogP contribution >= 0.6 is 11.6 Å². The van der Waals surface area contributed by atoms with Gasteiger partial charge in [0, 0.05) is 12.7 Å². The Kier molecular flexibility index (Phi) is 4.65. The highest BCUT2D eigenvalue weighted by atomic mass is 35.5. The van der Waals surface area contributed by atoms with Gasteiger partial charge >= 0.3 is 5.97 Å². The summed E-state index contributed by atoms with van der Waals surface area (Å²) in [5.41, 5.74) is 4.44. The lowest BCUT2D eigenvalue weighted by molar-refractivity contribution is 0.0600. The van der Waals surface area contributed by atoms with Crippen LogP contribution in [0.3, 0.4) is 0 Å². The van der Waals surface area contributed by atoms with E-state index in [1.165, 1.54) is 7.11 Å². The van der Waals surface area contributed by atoms with Gasteiger partial charge in [0.1, 0.15) is 5.69 Å². The van der Waals surface area contributed by atoms with Gasteiger partial charge in [0.2, 0.25) is 0 Å². The topological polar surface area (TPSA) is 64.2 Å². The molecule has 6 heteroatoms. The highest BCUT2D eigenvalue weighted by Gasteiger charge is 2.18. The lowest BCUT2D eigenvalue weighted by Crippen LogP contribution is -2.05. The first-order chi connectivity index (χ1) is 9.99. The molecular weight excluding hydrogens is 292 g/mol. The van der Waals surface area contributed by atoms with E-state index in [4.69, 9.17) is 21.1 Å². The number of hydrogen-bond donors (Lipinski definition) is 1. The molecule has 21 heavy (non-hydrogen) atoms. The van der Waals surface area contributed by atoms with Gasteiger partial charge in [-0.15, -0.1) is 0 Å². The third-order valence-electron chi connectivity index (χ3n) is 3.30. The van der Waals surface area contributed by atoms with E-state index in [-0.39, 0.29) is 5.97 Å². The maximum atomic E-state index is 11.8. The van der Waals surface area contributed by atoms with Gasteiger partial charge in [-0.1, -0.05) is 17.7 Å². The molecule has 0 saturated heterocycles. The summed E-state index contributed by atoms with van der Waals surface area (Å²) in [6, 6.07) is 3.68. The van der Waals surface area contributed by atoms with Crippen molar-refractivity contribution in [3.8, 4) is 11.3 Å². The molecule has 0 saturated carbocycles. The van der Waals surface area contributed by atoms with Gasteiger partial charge in [-0.2, -0.15) is 5.10 Å². The Bertz CT molecular complexity index is 680. The number of aromatic amines is 1. The first-order valence-corrected chi connectivity index (χ1v) is 6.79. The number of carbonyl (C=O) groups excluding carboxylic acids is 1. The lowest BCUT2D eigenvalue weighted by atomic mass is 9.98. The molecule has 2 rings (SSSR count). The molecule has 0 radical (unpaired) electrons. The minimum Gasteiger partial charge on any atom is -0.465 e. The summed E-state index contributed by atoms with van der Waals surface area (Å²) >= 11 is 6.33. The number of carbonyl (C=O) groups is 1. The third-order valence-corrected chi connectivity index (χ3v) is 3.70. The fourth-order valence-electron chi connectivity index (χ4n) is 2.22. The van der Waals surface area contributed by atoms with Crippen molar-refractivity contribution >= 4 is 17.6 Å². The number of esters is 1. The van der Waals surface area contributed by atoms with Crippen LogP contribution in [0.25, 0.3) is 11.3 Å². The molecular formula is C15H17ClN2O3. The molecule has 1 heterocycles. The Balaban J connectivity index is 2.56. The molecule has 0 aliphatic heterocycles. The van der Waals surface area contributed by atoms with E-state index in [0.29, 0.717) is 28.6 Å². The highest BCUT2D eigenvalue weighted by Crippen LogP contribution is 2.32. The largest absolute Gasteiger partial charge is 0.465 e. The fraction of sp³-hybridized carbons (Fsp3) is 0.333. The standard InChI is InChI=1S/C15H17ClN2O3/c1-8-5-9(2)11(15(19)21-4)6-10(8)14-13(16)12(7-20-3)17-18-14/h5-6H,7H2,1-4H3,(H,17,18). The van der Waals surface area contributed by atoms with Crippen LogP contribution in [0.15, 0.2) is 12.1 Å². The molecule has 1 aromatic heterocycles. The zero-order chi connectivity index (χ0) is 15.6. The van der Waals surface area contributed by atoms with Crippen molar-refractivity contribution in [3.05, 3.63) is 39.5 Å². The maximum absolute atomic E-state index is 11.8. The molecule has 0 fully saturated rings. The Morgan fingerprint density at radius 1 is 1.29 bits per heavy atom. The van der Waals surface area contributed by atoms with Crippen LogP contribution in [0.4, 0.5) is 0 Å². The second kappa shape index (κ2) is 6.28. The molecule has 0 atom stereocenters. The lowest BCUT2D eigenvalue weighted by Gasteiger charge is -2.10. The normalized spacial score (nSPS) is 10.7. The number of benzene rings is 1. The molecule has 0 aliphatic carbocycles. The average molecular weight is 309 g/mol. The summed E-state index contributed by atoms with van der Waals surface area (Å²) in [6.07, 6.45) is 0. The number of rotatable bonds is 4. The summed E-state index contributed by atoms with van der Waals surface area (Å²) in [5.74, 6) is -0.377. The molecule has 1 aromatic carbocycles. The van der Waals surface area contributed by atoms with Crippen molar-refractivity contribution in [2.24, 2.45) is 0 Å². The van der Waals surface area contributed by atoms with Crippen LogP contribution in [-0.4, -0.2) is 30.4 Å². The van der Waals surface area contributed by atoms with E-state index in [0.717, 1.165) is 16.7 Å². The molecule has 0 unspecified atom stereocenters. The molecule has 1 N–H and O–H groups in total. The molecule has 0 aliphatic rings. The number of ether oxygens (including phenoxy) is 2. The molecule has 5 nitrogen and oxygen atoms in total. The first-order valence-electron chi connectivity index (χ1n) is 6.41. The van der Waals surface area contributed by atoms with Gasteiger partial charge in [0.15, 0.2) is 0 Å². The van der Waals surface area contributed by atoms with E-state index >= 15 is 0 Å². The van der Waals surface area contributed by atoms with Gasteiger partial charge in [-0.3, -0.25) is 5.10 Å². The second-order valence-electron chi connectivity index (χ2n) is 4.77. The van der Waals surface area contributed by atoms with Crippen molar-refractivity contribution in [3.63, 3.8) is 0 Å². The summed E-state index contributed by atoms with van der Waals surface area (Å²) < 4.78 is 9.86. The van der Waals surface area contributed by atoms with Crippen LogP contribution in [-0.2, 0) is 16.1 Å². The maximum Gasteiger partial charge on any atom is 0.338 e.